The molecular formula is C15H21NS. The predicted molar refractivity (Wildman–Crippen MR) is 75.9 cm³/mol. The summed E-state index contributed by atoms with van der Waals surface area (Å²) < 4.78 is 0. The molecule has 1 heterocycles. The van der Waals surface area contributed by atoms with Crippen molar-refractivity contribution in [2.75, 3.05) is 17.6 Å². The summed E-state index contributed by atoms with van der Waals surface area (Å²) in [5.74, 6) is 1.30. The molecule has 1 nitrogen and oxygen atoms in total. The highest BCUT2D eigenvalue weighted by atomic mass is 32.2. The van der Waals surface area contributed by atoms with E-state index in [0.717, 1.165) is 0 Å². The lowest BCUT2D eigenvalue weighted by molar-refractivity contribution is 0.241. The van der Waals surface area contributed by atoms with Gasteiger partial charge in [0.05, 0.1) is 0 Å². The number of rotatable bonds is 0. The predicted octanol–water partition coefficient (Wildman–Crippen LogP) is 4.46. The Kier molecular flexibility index (Phi) is 3.08. The maximum atomic E-state index is 3.69. The van der Waals surface area contributed by atoms with Crippen LogP contribution in [0.4, 0.5) is 5.69 Å². The van der Waals surface area contributed by atoms with Gasteiger partial charge in [0.15, 0.2) is 0 Å². The zero-order valence-corrected chi connectivity index (χ0v) is 11.4. The Bertz CT molecular complexity index is 407. The van der Waals surface area contributed by atoms with Crippen LogP contribution in [-0.4, -0.2) is 12.3 Å². The van der Waals surface area contributed by atoms with Gasteiger partial charge in [-0.1, -0.05) is 25.3 Å². The van der Waals surface area contributed by atoms with Gasteiger partial charge < -0.3 is 5.32 Å². The van der Waals surface area contributed by atoms with Gasteiger partial charge >= 0.3 is 0 Å². The maximum absolute atomic E-state index is 3.69. The lowest BCUT2D eigenvalue weighted by Gasteiger charge is -2.35. The molecule has 1 aliphatic heterocycles. The Morgan fingerprint density at radius 1 is 1.18 bits per heavy atom. The number of thioether (sulfide) groups is 1. The fourth-order valence-electron chi connectivity index (χ4n) is 3.08. The Labute approximate surface area is 108 Å². The van der Waals surface area contributed by atoms with E-state index in [1.165, 1.54) is 60.5 Å². The van der Waals surface area contributed by atoms with Gasteiger partial charge in [-0.25, -0.2) is 0 Å². The van der Waals surface area contributed by atoms with E-state index in [0.29, 0.717) is 5.41 Å². The molecule has 1 N–H and O–H groups in total. The molecule has 2 aliphatic rings. The molecule has 1 saturated carbocycles. The standard InChI is InChI=1S/C15H21NS/c1-12-5-6-13-14(9-12)17-11-15(10-16-13)7-3-2-4-8-15/h5-6,9,16H,2-4,7-8,10-11H2,1H3. The second-order valence-corrected chi connectivity index (χ2v) is 6.72. The second-order valence-electron chi connectivity index (χ2n) is 5.70. The third-order valence-corrected chi connectivity index (χ3v) is 5.64. The number of hydrogen-bond acceptors (Lipinski definition) is 2. The Morgan fingerprint density at radius 2 is 2.00 bits per heavy atom. The highest BCUT2D eigenvalue weighted by molar-refractivity contribution is 7.99. The van der Waals surface area contributed by atoms with E-state index in [9.17, 15) is 0 Å². The summed E-state index contributed by atoms with van der Waals surface area (Å²) >= 11 is 2.07. The third-order valence-electron chi connectivity index (χ3n) is 4.24. The molecule has 0 radical (unpaired) electrons. The zero-order valence-electron chi connectivity index (χ0n) is 10.6. The molecule has 0 saturated heterocycles. The van der Waals surface area contributed by atoms with Crippen molar-refractivity contribution in [2.24, 2.45) is 5.41 Å². The molecule has 1 aromatic carbocycles. The van der Waals surface area contributed by atoms with E-state index in [1.807, 2.05) is 0 Å². The number of hydrogen-bond donors (Lipinski definition) is 1. The quantitative estimate of drug-likeness (QED) is 0.726. The molecule has 1 aromatic rings. The van der Waals surface area contributed by atoms with E-state index in [-0.39, 0.29) is 0 Å². The molecule has 92 valence electrons. The van der Waals surface area contributed by atoms with E-state index < -0.39 is 0 Å². The molecule has 2 heteroatoms. The van der Waals surface area contributed by atoms with Gasteiger partial charge in [-0.15, -0.1) is 11.8 Å². The fraction of sp³-hybridized carbons (Fsp3) is 0.600. The topological polar surface area (TPSA) is 12.0 Å². The molecule has 17 heavy (non-hydrogen) atoms. The number of anilines is 1. The maximum Gasteiger partial charge on any atom is 0.0478 e. The van der Waals surface area contributed by atoms with E-state index in [4.69, 9.17) is 0 Å². The van der Waals surface area contributed by atoms with Crippen molar-refractivity contribution >= 4 is 17.4 Å². The number of nitrogens with one attached hydrogen (secondary N) is 1. The third kappa shape index (κ3) is 2.33. The van der Waals surface area contributed by atoms with Gasteiger partial charge in [0, 0.05) is 22.9 Å². The van der Waals surface area contributed by atoms with E-state index >= 15 is 0 Å². The molecule has 0 unspecified atom stereocenters. The number of benzene rings is 1. The van der Waals surface area contributed by atoms with Crippen molar-refractivity contribution in [1.82, 2.24) is 0 Å². The molecule has 3 rings (SSSR count). The fourth-order valence-corrected chi connectivity index (χ4v) is 4.50. The van der Waals surface area contributed by atoms with Crippen molar-refractivity contribution in [3.63, 3.8) is 0 Å². The van der Waals surface area contributed by atoms with Gasteiger partial charge in [0.2, 0.25) is 0 Å². The highest BCUT2D eigenvalue weighted by Crippen LogP contribution is 2.44. The largest absolute Gasteiger partial charge is 0.384 e. The van der Waals surface area contributed by atoms with Crippen molar-refractivity contribution in [3.8, 4) is 0 Å². The van der Waals surface area contributed by atoms with Crippen LogP contribution in [0.25, 0.3) is 0 Å². The second kappa shape index (κ2) is 4.56. The number of fused-ring (bicyclic) bond motifs is 1. The van der Waals surface area contributed by atoms with E-state index in [1.54, 1.807) is 0 Å². The van der Waals surface area contributed by atoms with E-state index in [2.05, 4.69) is 42.2 Å². The number of aryl methyl sites for hydroxylation is 1. The van der Waals surface area contributed by atoms with Gasteiger partial charge in [-0.2, -0.15) is 0 Å². The van der Waals surface area contributed by atoms with Crippen LogP contribution in [0.2, 0.25) is 0 Å². The van der Waals surface area contributed by atoms with Gasteiger partial charge in [-0.3, -0.25) is 0 Å². The monoisotopic (exact) mass is 247 g/mol. The molecule has 0 amide bonds. The van der Waals surface area contributed by atoms with Crippen LogP contribution >= 0.6 is 11.8 Å². The first kappa shape index (κ1) is 11.5. The van der Waals surface area contributed by atoms with Crippen LogP contribution in [0.3, 0.4) is 0 Å². The molecule has 0 aromatic heterocycles. The average molecular weight is 247 g/mol. The van der Waals surface area contributed by atoms with Crippen LogP contribution < -0.4 is 5.32 Å². The molecule has 1 aliphatic carbocycles. The van der Waals surface area contributed by atoms with Gasteiger partial charge in [-0.05, 0) is 42.9 Å². The summed E-state index contributed by atoms with van der Waals surface area (Å²) in [5, 5.41) is 3.69. The van der Waals surface area contributed by atoms with Crippen molar-refractivity contribution in [3.05, 3.63) is 23.8 Å². The molecule has 1 spiro atoms. The SMILES string of the molecule is Cc1ccc2c(c1)SCC1(CCCCC1)CN2. The molecule has 0 atom stereocenters. The molecule has 1 fully saturated rings. The first-order valence-electron chi connectivity index (χ1n) is 6.75. The Hall–Kier alpha value is -0.630. The summed E-state index contributed by atoms with van der Waals surface area (Å²) in [6.07, 6.45) is 7.13. The van der Waals surface area contributed by atoms with Gasteiger partial charge in [0.25, 0.3) is 0 Å². The Morgan fingerprint density at radius 3 is 2.82 bits per heavy atom. The Balaban J connectivity index is 1.82. The molecule has 0 bridgehead atoms. The first-order chi connectivity index (χ1) is 8.27. The normalized spacial score (nSPS) is 22.6. The van der Waals surface area contributed by atoms with Gasteiger partial charge in [0.1, 0.15) is 0 Å². The highest BCUT2D eigenvalue weighted by Gasteiger charge is 2.33. The summed E-state index contributed by atoms with van der Waals surface area (Å²) in [7, 11) is 0. The molecular weight excluding hydrogens is 226 g/mol. The average Bonchev–Trinajstić information content (AvgIpc) is 2.52. The van der Waals surface area contributed by atoms with Crippen LogP contribution in [0.5, 0.6) is 0 Å². The minimum absolute atomic E-state index is 0.565. The zero-order chi connectivity index (χ0) is 11.7. The lowest BCUT2D eigenvalue weighted by Crippen LogP contribution is -2.33. The summed E-state index contributed by atoms with van der Waals surface area (Å²) in [4.78, 5) is 1.45. The van der Waals surface area contributed by atoms with Crippen LogP contribution in [-0.2, 0) is 0 Å². The lowest BCUT2D eigenvalue weighted by atomic mass is 9.75. The van der Waals surface area contributed by atoms with Crippen LogP contribution in [0.1, 0.15) is 37.7 Å². The summed E-state index contributed by atoms with van der Waals surface area (Å²) in [5.41, 5.74) is 3.29. The minimum atomic E-state index is 0.565. The minimum Gasteiger partial charge on any atom is -0.384 e. The summed E-state index contributed by atoms with van der Waals surface area (Å²) in [6, 6.07) is 6.79. The van der Waals surface area contributed by atoms with Crippen molar-refractivity contribution < 1.29 is 0 Å². The van der Waals surface area contributed by atoms with Crippen LogP contribution in [0, 0.1) is 12.3 Å². The van der Waals surface area contributed by atoms with Crippen molar-refractivity contribution in [1.29, 1.82) is 0 Å². The smallest absolute Gasteiger partial charge is 0.0478 e. The first-order valence-corrected chi connectivity index (χ1v) is 7.73. The van der Waals surface area contributed by atoms with Crippen LogP contribution in [0.15, 0.2) is 23.1 Å². The summed E-state index contributed by atoms with van der Waals surface area (Å²) in [6.45, 7) is 3.36. The van der Waals surface area contributed by atoms with Crippen molar-refractivity contribution in [2.45, 2.75) is 43.9 Å².